The maximum atomic E-state index is 11.7. The van der Waals surface area contributed by atoms with Gasteiger partial charge in [0.15, 0.2) is 0 Å². The summed E-state index contributed by atoms with van der Waals surface area (Å²) in [4.78, 5) is 22.6. The lowest BCUT2D eigenvalue weighted by Crippen LogP contribution is -2.16. The number of Topliss-reactive ketones (excluding diaryl/α,β-unsaturated/α-hetero) is 1. The molecule has 0 saturated heterocycles. The number of phenolic OH excluding ortho intramolecular Hbond substituents is 1. The van der Waals surface area contributed by atoms with Gasteiger partial charge in [-0.2, -0.15) is 0 Å². The first-order valence-corrected chi connectivity index (χ1v) is 6.62. The number of rotatable bonds is 2. The zero-order chi connectivity index (χ0) is 13.3. The first-order valence-electron chi connectivity index (χ1n) is 5.83. The summed E-state index contributed by atoms with van der Waals surface area (Å²) >= 11 is 3.17. The van der Waals surface area contributed by atoms with Crippen molar-refractivity contribution >= 4 is 27.7 Å². The van der Waals surface area contributed by atoms with Crippen molar-refractivity contribution in [2.45, 2.75) is 32.1 Å². The topological polar surface area (TPSA) is 74.6 Å². The first-order chi connectivity index (χ1) is 8.52. The second kappa shape index (κ2) is 5.10. The number of hydrogen-bond donors (Lipinski definition) is 2. The predicted molar refractivity (Wildman–Crippen MR) is 69.0 cm³/mol. The van der Waals surface area contributed by atoms with Crippen LogP contribution in [-0.4, -0.2) is 22.0 Å². The number of carboxylic acid groups (broad SMARTS) is 1. The summed E-state index contributed by atoms with van der Waals surface area (Å²) in [6, 6.07) is 1.79. The molecule has 1 aliphatic rings. The number of phenols is 1. The Balaban J connectivity index is 2.65. The van der Waals surface area contributed by atoms with Crippen LogP contribution < -0.4 is 0 Å². The van der Waals surface area contributed by atoms with Crippen molar-refractivity contribution in [2.24, 2.45) is 0 Å². The minimum Gasteiger partial charge on any atom is -0.506 e. The van der Waals surface area contributed by atoms with Crippen molar-refractivity contribution in [1.82, 2.24) is 0 Å². The molecule has 0 aliphatic heterocycles. The molecule has 0 atom stereocenters. The zero-order valence-electron chi connectivity index (χ0n) is 9.70. The van der Waals surface area contributed by atoms with Gasteiger partial charge in [-0.3, -0.25) is 4.79 Å². The lowest BCUT2D eigenvalue weighted by atomic mass is 9.93. The van der Waals surface area contributed by atoms with Crippen molar-refractivity contribution in [3.05, 3.63) is 27.2 Å². The fourth-order valence-corrected chi connectivity index (χ4v) is 2.86. The van der Waals surface area contributed by atoms with Gasteiger partial charge in [0.1, 0.15) is 5.75 Å². The number of aliphatic carboxylic acids is 1. The second-order valence-corrected chi connectivity index (χ2v) is 5.27. The summed E-state index contributed by atoms with van der Waals surface area (Å²) < 4.78 is 0.382. The molecule has 0 unspecified atom stereocenters. The number of ketones is 1. The van der Waals surface area contributed by atoms with Crippen molar-refractivity contribution < 1.29 is 19.8 Å². The maximum absolute atomic E-state index is 11.7. The quantitative estimate of drug-likeness (QED) is 0.500. The Labute approximate surface area is 113 Å². The molecule has 0 heterocycles. The number of carbonyl (C=O) groups is 2. The molecule has 5 heteroatoms. The Bertz CT molecular complexity index is 522. The summed E-state index contributed by atoms with van der Waals surface area (Å²) in [6.07, 6.45) is 4.44. The number of benzene rings is 1. The van der Waals surface area contributed by atoms with Crippen LogP contribution in [0.5, 0.6) is 5.75 Å². The molecule has 0 bridgehead atoms. The molecule has 1 aromatic carbocycles. The average Bonchev–Trinajstić information content (AvgIpc) is 2.55. The maximum Gasteiger partial charge on any atom is 0.377 e. The lowest BCUT2D eigenvalue weighted by Gasteiger charge is -2.13. The van der Waals surface area contributed by atoms with E-state index in [4.69, 9.17) is 5.11 Å². The zero-order valence-corrected chi connectivity index (χ0v) is 11.3. The summed E-state index contributed by atoms with van der Waals surface area (Å²) in [5.74, 6) is -2.83. The molecule has 0 radical (unpaired) electrons. The van der Waals surface area contributed by atoms with Crippen molar-refractivity contribution in [3.63, 3.8) is 0 Å². The van der Waals surface area contributed by atoms with Crippen molar-refractivity contribution in [1.29, 1.82) is 0 Å². The Morgan fingerprint density at radius 1 is 1.17 bits per heavy atom. The Morgan fingerprint density at radius 2 is 1.83 bits per heavy atom. The van der Waals surface area contributed by atoms with E-state index in [2.05, 4.69) is 15.9 Å². The van der Waals surface area contributed by atoms with Gasteiger partial charge < -0.3 is 10.2 Å². The standard InChI is InChI=1S/C13H13BrO4/c14-9-6-7-4-2-1-3-5-8(7)10(11(9)15)12(16)13(17)18/h6,15H,1-5H2,(H,17,18). The Kier molecular flexibility index (Phi) is 3.71. The molecule has 0 spiro atoms. The second-order valence-electron chi connectivity index (χ2n) is 4.41. The summed E-state index contributed by atoms with van der Waals surface area (Å²) in [7, 11) is 0. The largest absolute Gasteiger partial charge is 0.506 e. The predicted octanol–water partition coefficient (Wildman–Crippen LogP) is 2.69. The van der Waals surface area contributed by atoms with Gasteiger partial charge in [0.2, 0.25) is 0 Å². The molecule has 0 fully saturated rings. The number of hydrogen-bond acceptors (Lipinski definition) is 3. The van der Waals surface area contributed by atoms with Gasteiger partial charge in [-0.05, 0) is 58.8 Å². The van der Waals surface area contributed by atoms with E-state index < -0.39 is 11.8 Å². The van der Waals surface area contributed by atoms with Crippen LogP contribution in [0.25, 0.3) is 0 Å². The number of halogens is 1. The van der Waals surface area contributed by atoms with Crippen LogP contribution in [0.3, 0.4) is 0 Å². The van der Waals surface area contributed by atoms with Gasteiger partial charge in [0.05, 0.1) is 10.0 Å². The molecule has 1 aromatic rings. The SMILES string of the molecule is O=C(O)C(=O)c1c(O)c(Br)cc2c1CCCCC2. The minimum absolute atomic E-state index is 0.0474. The van der Waals surface area contributed by atoms with Crippen molar-refractivity contribution in [3.8, 4) is 5.75 Å². The minimum atomic E-state index is -1.53. The molecule has 2 N–H and O–H groups in total. The fraction of sp³-hybridized carbons (Fsp3) is 0.385. The highest BCUT2D eigenvalue weighted by Crippen LogP contribution is 2.36. The third-order valence-electron chi connectivity index (χ3n) is 3.25. The average molecular weight is 313 g/mol. The van der Waals surface area contributed by atoms with E-state index in [-0.39, 0.29) is 11.3 Å². The Morgan fingerprint density at radius 3 is 2.50 bits per heavy atom. The van der Waals surface area contributed by atoms with E-state index in [1.54, 1.807) is 6.07 Å². The lowest BCUT2D eigenvalue weighted by molar-refractivity contribution is -0.131. The highest BCUT2D eigenvalue weighted by atomic mass is 79.9. The number of carbonyl (C=O) groups excluding carboxylic acids is 1. The van der Waals surface area contributed by atoms with Gasteiger partial charge in [-0.25, -0.2) is 4.79 Å². The summed E-state index contributed by atoms with van der Waals surface area (Å²) in [5, 5.41) is 18.8. The van der Waals surface area contributed by atoms with E-state index in [1.165, 1.54) is 0 Å². The smallest absolute Gasteiger partial charge is 0.377 e. The van der Waals surface area contributed by atoms with Gasteiger partial charge in [-0.15, -0.1) is 0 Å². The van der Waals surface area contributed by atoms with E-state index >= 15 is 0 Å². The molecular formula is C13H13BrO4. The third-order valence-corrected chi connectivity index (χ3v) is 3.85. The van der Waals surface area contributed by atoms with E-state index in [0.717, 1.165) is 31.2 Å². The molecule has 1 aliphatic carbocycles. The van der Waals surface area contributed by atoms with Gasteiger partial charge in [-0.1, -0.05) is 6.42 Å². The Hall–Kier alpha value is -1.36. The number of aromatic hydroxyl groups is 1. The first kappa shape index (κ1) is 13.1. The molecule has 96 valence electrons. The number of fused-ring (bicyclic) bond motifs is 1. The molecular weight excluding hydrogens is 300 g/mol. The van der Waals surface area contributed by atoms with Crippen LogP contribution in [0.15, 0.2) is 10.5 Å². The van der Waals surface area contributed by atoms with Crippen LogP contribution in [0, 0.1) is 0 Å². The van der Waals surface area contributed by atoms with Gasteiger partial charge in [0, 0.05) is 0 Å². The summed E-state index contributed by atoms with van der Waals surface area (Å²) in [6.45, 7) is 0. The van der Waals surface area contributed by atoms with Gasteiger partial charge in [0.25, 0.3) is 5.78 Å². The normalized spacial score (nSPS) is 14.7. The highest BCUT2D eigenvalue weighted by molar-refractivity contribution is 9.10. The van der Waals surface area contributed by atoms with E-state index in [1.807, 2.05) is 0 Å². The monoisotopic (exact) mass is 312 g/mol. The van der Waals surface area contributed by atoms with Crippen molar-refractivity contribution in [2.75, 3.05) is 0 Å². The molecule has 2 rings (SSSR count). The number of aryl methyl sites for hydroxylation is 1. The third kappa shape index (κ3) is 2.27. The molecule has 0 aromatic heterocycles. The van der Waals surface area contributed by atoms with Gasteiger partial charge >= 0.3 is 5.97 Å². The van der Waals surface area contributed by atoms with Crippen LogP contribution in [-0.2, 0) is 17.6 Å². The van der Waals surface area contributed by atoms with Crippen LogP contribution in [0.4, 0.5) is 0 Å². The summed E-state index contributed by atoms with van der Waals surface area (Å²) in [5.41, 5.74) is 1.61. The molecule has 4 nitrogen and oxygen atoms in total. The van der Waals surface area contributed by atoms with Crippen LogP contribution in [0.2, 0.25) is 0 Å². The number of carboxylic acids is 1. The van der Waals surface area contributed by atoms with E-state index in [9.17, 15) is 14.7 Å². The van der Waals surface area contributed by atoms with E-state index in [0.29, 0.717) is 16.5 Å². The van der Waals surface area contributed by atoms with Crippen LogP contribution in [0.1, 0.15) is 40.7 Å². The molecule has 0 saturated carbocycles. The molecule has 0 amide bonds. The van der Waals surface area contributed by atoms with Crippen LogP contribution >= 0.6 is 15.9 Å². The highest BCUT2D eigenvalue weighted by Gasteiger charge is 2.27. The molecule has 18 heavy (non-hydrogen) atoms. The fourth-order valence-electron chi connectivity index (χ4n) is 2.39.